The molecule has 1 aliphatic carbocycles. The quantitative estimate of drug-likeness (QED) is 0.303. The number of nitrogens with zero attached hydrogens (tertiary/aromatic N) is 1. The van der Waals surface area contributed by atoms with Crippen molar-refractivity contribution in [1.82, 2.24) is 5.32 Å². The third-order valence-corrected chi connectivity index (χ3v) is 5.59. The van der Waals surface area contributed by atoms with E-state index in [1.54, 1.807) is 0 Å². The first-order valence-corrected chi connectivity index (χ1v) is 11.0. The van der Waals surface area contributed by atoms with Crippen LogP contribution in [0.4, 0.5) is 0 Å². The largest absolute Gasteiger partial charge is 0.387 e. The fourth-order valence-corrected chi connectivity index (χ4v) is 3.96. The van der Waals surface area contributed by atoms with Gasteiger partial charge in [0.05, 0.1) is 5.84 Å². The molecule has 5 nitrogen and oxygen atoms in total. The summed E-state index contributed by atoms with van der Waals surface area (Å²) in [6, 6.07) is 14.5. The van der Waals surface area contributed by atoms with Crippen LogP contribution in [-0.4, -0.2) is 25.0 Å². The summed E-state index contributed by atoms with van der Waals surface area (Å²) in [6.07, 6.45) is 8.96. The smallest absolute Gasteiger partial charge is 0.220 e. The molecule has 0 spiro atoms. The molecule has 1 amide bonds. The molecule has 0 radical (unpaired) electrons. The van der Waals surface area contributed by atoms with Crippen LogP contribution < -0.4 is 11.1 Å². The summed E-state index contributed by atoms with van der Waals surface area (Å²) in [5.41, 5.74) is 12.2. The number of hydrogen-bond acceptors (Lipinski definition) is 3. The molecule has 1 aliphatic rings. The maximum Gasteiger partial charge on any atom is 0.220 e. The summed E-state index contributed by atoms with van der Waals surface area (Å²) in [7, 11) is 0. The van der Waals surface area contributed by atoms with Crippen molar-refractivity contribution in [3.8, 4) is 0 Å². The van der Waals surface area contributed by atoms with Gasteiger partial charge in [0, 0.05) is 25.4 Å². The zero-order valence-corrected chi connectivity index (χ0v) is 18.9. The Bertz CT molecular complexity index is 952. The number of allylic oxidation sites excluding steroid dienone is 1. The first-order valence-electron chi connectivity index (χ1n) is 11.0. The molecule has 0 saturated carbocycles. The van der Waals surface area contributed by atoms with Gasteiger partial charge in [-0.25, -0.2) is 0 Å². The highest BCUT2D eigenvalue weighted by Gasteiger charge is 2.23. The molecule has 0 heterocycles. The van der Waals surface area contributed by atoms with Gasteiger partial charge < -0.3 is 16.5 Å². The Morgan fingerprint density at radius 1 is 1.19 bits per heavy atom. The van der Waals surface area contributed by atoms with E-state index < -0.39 is 0 Å². The molecular formula is C27H34N4O. The molecule has 2 aromatic carbocycles. The van der Waals surface area contributed by atoms with Crippen molar-refractivity contribution in [1.29, 1.82) is 5.41 Å². The standard InChI is InChI=1S/C26H31N3O.CH3N/c1-3-9-24-19(4-2)12-7-13-22(24)18-29-25(30)14-8-15-28-26(27)23-16-20-10-5-6-11-21(20)17-23;1-2/h3-7,9-13,23H,2,8,14-18H2,1H3,(H2,27,28)(H,29,30);2H,1H2/b9-3-;. The number of carbonyl (C=O) groups is 1. The van der Waals surface area contributed by atoms with E-state index in [2.05, 4.69) is 53.9 Å². The van der Waals surface area contributed by atoms with Crippen LogP contribution in [0.1, 0.15) is 47.6 Å². The van der Waals surface area contributed by atoms with E-state index in [-0.39, 0.29) is 5.91 Å². The molecule has 4 N–H and O–H groups in total. The van der Waals surface area contributed by atoms with Crippen molar-refractivity contribution in [2.75, 3.05) is 6.54 Å². The van der Waals surface area contributed by atoms with E-state index in [1.165, 1.54) is 11.1 Å². The zero-order valence-electron chi connectivity index (χ0n) is 18.9. The highest BCUT2D eigenvalue weighted by Crippen LogP contribution is 2.26. The van der Waals surface area contributed by atoms with Crippen LogP contribution in [0.5, 0.6) is 0 Å². The van der Waals surface area contributed by atoms with Crippen LogP contribution in [0.15, 0.2) is 60.1 Å². The van der Waals surface area contributed by atoms with E-state index in [1.807, 2.05) is 37.3 Å². The van der Waals surface area contributed by atoms with Crippen LogP contribution >= 0.6 is 0 Å². The lowest BCUT2D eigenvalue weighted by atomic mass is 10.00. The predicted octanol–water partition coefficient (Wildman–Crippen LogP) is 4.80. The Morgan fingerprint density at radius 2 is 1.88 bits per heavy atom. The topological polar surface area (TPSA) is 91.3 Å². The average Bonchev–Trinajstić information content (AvgIpc) is 3.27. The zero-order chi connectivity index (χ0) is 23.3. The van der Waals surface area contributed by atoms with E-state index >= 15 is 0 Å². The lowest BCUT2D eigenvalue weighted by molar-refractivity contribution is -0.121. The third kappa shape index (κ3) is 6.77. The van der Waals surface area contributed by atoms with Crippen molar-refractivity contribution in [3.05, 3.63) is 82.9 Å². The minimum atomic E-state index is 0.0347. The molecule has 0 atom stereocenters. The third-order valence-electron chi connectivity index (χ3n) is 5.59. The molecule has 168 valence electrons. The molecular weight excluding hydrogens is 396 g/mol. The first-order chi connectivity index (χ1) is 15.6. The van der Waals surface area contributed by atoms with E-state index in [9.17, 15) is 4.79 Å². The number of carbonyl (C=O) groups excluding carboxylic acids is 1. The average molecular weight is 431 g/mol. The number of hydrogen-bond donors (Lipinski definition) is 3. The van der Waals surface area contributed by atoms with Gasteiger partial charge in [-0.1, -0.05) is 67.3 Å². The lowest BCUT2D eigenvalue weighted by Gasteiger charge is -2.11. The monoisotopic (exact) mass is 430 g/mol. The second-order valence-corrected chi connectivity index (χ2v) is 7.68. The Balaban J connectivity index is 0.00000176. The Hall–Kier alpha value is -3.47. The number of amidine groups is 1. The molecule has 0 aromatic heterocycles. The lowest BCUT2D eigenvalue weighted by Crippen LogP contribution is -2.25. The highest BCUT2D eigenvalue weighted by molar-refractivity contribution is 5.84. The van der Waals surface area contributed by atoms with Gasteiger partial charge in [0.15, 0.2) is 0 Å². The van der Waals surface area contributed by atoms with Crippen molar-refractivity contribution in [2.24, 2.45) is 16.6 Å². The SMILES string of the molecule is C=Cc1cccc(CNC(=O)CCCN=C(N)C2Cc3ccccc3C2)c1/C=C\C.C=N. The molecule has 32 heavy (non-hydrogen) atoms. The minimum absolute atomic E-state index is 0.0347. The fourth-order valence-electron chi connectivity index (χ4n) is 3.96. The van der Waals surface area contributed by atoms with Gasteiger partial charge in [0.2, 0.25) is 5.91 Å². The fraction of sp³-hybridized carbons (Fsp3) is 0.296. The number of benzene rings is 2. The summed E-state index contributed by atoms with van der Waals surface area (Å²) in [5, 5.41) is 8.52. The number of fused-ring (bicyclic) bond motifs is 1. The molecule has 5 heteroatoms. The normalized spacial score (nSPS) is 13.3. The van der Waals surface area contributed by atoms with Crippen LogP contribution in [0.2, 0.25) is 0 Å². The molecule has 0 bridgehead atoms. The summed E-state index contributed by atoms with van der Waals surface area (Å²) in [5.74, 6) is 1.04. The number of amides is 1. The number of nitrogens with one attached hydrogen (secondary N) is 2. The maximum atomic E-state index is 12.3. The maximum absolute atomic E-state index is 12.3. The van der Waals surface area contributed by atoms with Crippen molar-refractivity contribution >= 4 is 30.6 Å². The number of rotatable bonds is 9. The summed E-state index contributed by atoms with van der Waals surface area (Å²) < 4.78 is 0. The van der Waals surface area contributed by atoms with Gasteiger partial charge in [-0.15, -0.1) is 0 Å². The molecule has 2 aromatic rings. The van der Waals surface area contributed by atoms with Gasteiger partial charge in [-0.3, -0.25) is 9.79 Å². The van der Waals surface area contributed by atoms with Gasteiger partial charge in [0.25, 0.3) is 0 Å². The van der Waals surface area contributed by atoms with Gasteiger partial charge >= 0.3 is 0 Å². The molecule has 0 saturated heterocycles. The van der Waals surface area contributed by atoms with Gasteiger partial charge in [-0.2, -0.15) is 0 Å². The summed E-state index contributed by atoms with van der Waals surface area (Å²) >= 11 is 0. The second-order valence-electron chi connectivity index (χ2n) is 7.68. The number of nitrogens with two attached hydrogens (primary N) is 1. The molecule has 0 unspecified atom stereocenters. The highest BCUT2D eigenvalue weighted by atomic mass is 16.1. The van der Waals surface area contributed by atoms with Gasteiger partial charge in [-0.05, 0) is 60.7 Å². The molecule has 3 rings (SSSR count). The van der Waals surface area contributed by atoms with Crippen molar-refractivity contribution in [2.45, 2.75) is 39.2 Å². The van der Waals surface area contributed by atoms with Crippen molar-refractivity contribution < 1.29 is 4.79 Å². The Morgan fingerprint density at radius 3 is 2.50 bits per heavy atom. The van der Waals surface area contributed by atoms with Crippen LogP contribution in [0.3, 0.4) is 0 Å². The summed E-state index contributed by atoms with van der Waals surface area (Å²) in [4.78, 5) is 16.8. The van der Waals surface area contributed by atoms with E-state index in [0.717, 1.165) is 29.5 Å². The van der Waals surface area contributed by atoms with Gasteiger partial charge in [0.1, 0.15) is 0 Å². The van der Waals surface area contributed by atoms with E-state index in [4.69, 9.17) is 11.1 Å². The predicted molar refractivity (Wildman–Crippen MR) is 136 cm³/mol. The Kier molecular flexibility index (Phi) is 10.1. The van der Waals surface area contributed by atoms with Crippen molar-refractivity contribution in [3.63, 3.8) is 0 Å². The van der Waals surface area contributed by atoms with Crippen LogP contribution in [-0.2, 0) is 24.2 Å². The number of aliphatic imine (C=N–C) groups is 1. The minimum Gasteiger partial charge on any atom is -0.387 e. The molecule has 0 aliphatic heterocycles. The van der Waals surface area contributed by atoms with E-state index in [0.29, 0.717) is 37.7 Å². The molecule has 0 fully saturated rings. The summed E-state index contributed by atoms with van der Waals surface area (Å²) in [6.45, 7) is 9.45. The van der Waals surface area contributed by atoms with Crippen LogP contribution in [0.25, 0.3) is 12.2 Å². The Labute approximate surface area is 191 Å². The second kappa shape index (κ2) is 13.1. The first kappa shape index (κ1) is 24.8. The van der Waals surface area contributed by atoms with Crippen LogP contribution in [0, 0.1) is 11.3 Å².